The fraction of sp³-hybridized carbons (Fsp3) is 0.241. The van der Waals surface area contributed by atoms with Crippen molar-refractivity contribution >= 4 is 0 Å². The molecule has 0 aliphatic rings. The third-order valence-corrected chi connectivity index (χ3v) is 6.06. The van der Waals surface area contributed by atoms with Gasteiger partial charge in [0.2, 0.25) is 0 Å². The molecule has 0 radical (unpaired) electrons. The lowest BCUT2D eigenvalue weighted by Crippen LogP contribution is -1.98. The normalized spacial score (nSPS) is 11.0. The highest BCUT2D eigenvalue weighted by Gasteiger charge is 2.11. The molecule has 156 valence electrons. The minimum absolute atomic E-state index is 0.898. The van der Waals surface area contributed by atoms with Crippen LogP contribution in [0.3, 0.4) is 0 Å². The maximum atomic E-state index is 4.71. The number of aromatic nitrogens is 2. The molecule has 0 atom stereocenters. The SMILES string of the molecule is Cc1cnc(-c2ccc(C)c(Cc3cc(-c4ncc(C)cc4C)ccc3C)c2)c(C)c1. The van der Waals surface area contributed by atoms with Gasteiger partial charge in [-0.25, -0.2) is 0 Å². The molecule has 2 heteroatoms. The fourth-order valence-electron chi connectivity index (χ4n) is 4.26. The molecule has 2 heterocycles. The second-order valence-electron chi connectivity index (χ2n) is 8.82. The number of aryl methyl sites for hydroxylation is 6. The van der Waals surface area contributed by atoms with Crippen LogP contribution in [-0.4, -0.2) is 9.97 Å². The number of benzene rings is 2. The molecule has 0 fully saturated rings. The van der Waals surface area contributed by atoms with E-state index in [0.29, 0.717) is 0 Å². The van der Waals surface area contributed by atoms with Gasteiger partial charge in [-0.3, -0.25) is 9.97 Å². The first kappa shape index (κ1) is 21.0. The lowest BCUT2D eigenvalue weighted by atomic mass is 9.92. The molecule has 2 aromatic carbocycles. The van der Waals surface area contributed by atoms with Crippen molar-refractivity contribution in [3.63, 3.8) is 0 Å². The lowest BCUT2D eigenvalue weighted by molar-refractivity contribution is 1.12. The van der Waals surface area contributed by atoms with Crippen LogP contribution < -0.4 is 0 Å². The molecular formula is C29H30N2. The van der Waals surface area contributed by atoms with Crippen LogP contribution in [0.15, 0.2) is 60.9 Å². The molecule has 0 unspecified atom stereocenters. The first-order valence-corrected chi connectivity index (χ1v) is 10.9. The minimum Gasteiger partial charge on any atom is -0.256 e. The second-order valence-corrected chi connectivity index (χ2v) is 8.82. The molecule has 2 aromatic heterocycles. The average Bonchev–Trinajstić information content (AvgIpc) is 2.72. The summed E-state index contributed by atoms with van der Waals surface area (Å²) in [5, 5.41) is 0. The van der Waals surface area contributed by atoms with E-state index in [2.05, 4.69) is 90.1 Å². The monoisotopic (exact) mass is 406 g/mol. The molecule has 0 aliphatic heterocycles. The van der Waals surface area contributed by atoms with Gasteiger partial charge in [0, 0.05) is 23.5 Å². The molecule has 31 heavy (non-hydrogen) atoms. The Hall–Kier alpha value is -3.26. The van der Waals surface area contributed by atoms with Crippen molar-refractivity contribution in [2.75, 3.05) is 0 Å². The summed E-state index contributed by atoms with van der Waals surface area (Å²) in [4.78, 5) is 9.41. The highest BCUT2D eigenvalue weighted by atomic mass is 14.7. The van der Waals surface area contributed by atoms with Gasteiger partial charge in [-0.1, -0.05) is 36.4 Å². The molecular weight excluding hydrogens is 376 g/mol. The third-order valence-electron chi connectivity index (χ3n) is 6.06. The standard InChI is InChI=1S/C29H30N2/c1-18-11-22(5)28(30-16-18)24-9-7-20(3)26(13-24)15-27-14-25(10-8-21(27)4)29-23(6)12-19(2)17-31-29/h7-14,16-17H,15H2,1-6H3. The van der Waals surface area contributed by atoms with Crippen LogP contribution in [-0.2, 0) is 6.42 Å². The Balaban J connectivity index is 1.72. The molecule has 2 nitrogen and oxygen atoms in total. The summed E-state index contributed by atoms with van der Waals surface area (Å²) in [6.45, 7) is 12.8. The van der Waals surface area contributed by atoms with Gasteiger partial charge in [0.05, 0.1) is 11.4 Å². The Morgan fingerprint density at radius 1 is 0.516 bits per heavy atom. The molecule has 0 saturated carbocycles. The summed E-state index contributed by atoms with van der Waals surface area (Å²) in [5.41, 5.74) is 14.6. The van der Waals surface area contributed by atoms with E-state index >= 15 is 0 Å². The van der Waals surface area contributed by atoms with Crippen molar-refractivity contribution in [2.24, 2.45) is 0 Å². The molecule has 4 aromatic rings. The smallest absolute Gasteiger partial charge is 0.0731 e. The molecule has 4 rings (SSSR count). The van der Waals surface area contributed by atoms with Crippen molar-refractivity contribution in [2.45, 2.75) is 48.0 Å². The summed E-state index contributed by atoms with van der Waals surface area (Å²) in [6, 6.07) is 17.8. The van der Waals surface area contributed by atoms with E-state index in [0.717, 1.165) is 17.8 Å². The van der Waals surface area contributed by atoms with E-state index < -0.39 is 0 Å². The van der Waals surface area contributed by atoms with E-state index in [1.165, 1.54) is 55.6 Å². The van der Waals surface area contributed by atoms with E-state index in [1.54, 1.807) is 0 Å². The number of hydrogen-bond acceptors (Lipinski definition) is 2. The Morgan fingerprint density at radius 2 is 0.935 bits per heavy atom. The van der Waals surface area contributed by atoms with Gasteiger partial charge >= 0.3 is 0 Å². The lowest BCUT2D eigenvalue weighted by Gasteiger charge is -2.14. The summed E-state index contributed by atoms with van der Waals surface area (Å²) < 4.78 is 0. The Kier molecular flexibility index (Phi) is 5.73. The number of pyridine rings is 2. The van der Waals surface area contributed by atoms with Gasteiger partial charge in [-0.05, 0) is 105 Å². The van der Waals surface area contributed by atoms with E-state index in [4.69, 9.17) is 9.97 Å². The number of nitrogens with zero attached hydrogens (tertiary/aromatic N) is 2. The van der Waals surface area contributed by atoms with Crippen molar-refractivity contribution in [3.05, 3.63) is 105 Å². The summed E-state index contributed by atoms with van der Waals surface area (Å²) in [5.74, 6) is 0. The van der Waals surface area contributed by atoms with E-state index in [-0.39, 0.29) is 0 Å². The molecule has 0 spiro atoms. The minimum atomic E-state index is 0.898. The first-order chi connectivity index (χ1) is 14.8. The predicted molar refractivity (Wildman–Crippen MR) is 131 cm³/mol. The van der Waals surface area contributed by atoms with Crippen LogP contribution in [0.25, 0.3) is 22.5 Å². The van der Waals surface area contributed by atoms with Crippen LogP contribution in [0.2, 0.25) is 0 Å². The summed E-state index contributed by atoms with van der Waals surface area (Å²) in [6.07, 6.45) is 4.80. The van der Waals surface area contributed by atoms with Crippen molar-refractivity contribution in [3.8, 4) is 22.5 Å². The van der Waals surface area contributed by atoms with Crippen molar-refractivity contribution in [1.82, 2.24) is 9.97 Å². The predicted octanol–water partition coefficient (Wildman–Crippen LogP) is 7.25. The van der Waals surface area contributed by atoms with Crippen molar-refractivity contribution in [1.29, 1.82) is 0 Å². The highest BCUT2D eigenvalue weighted by molar-refractivity contribution is 5.67. The topological polar surface area (TPSA) is 25.8 Å². The maximum absolute atomic E-state index is 4.71. The average molecular weight is 407 g/mol. The van der Waals surface area contributed by atoms with Gasteiger partial charge in [0.1, 0.15) is 0 Å². The van der Waals surface area contributed by atoms with E-state index in [9.17, 15) is 0 Å². The number of hydrogen-bond donors (Lipinski definition) is 0. The molecule has 0 amide bonds. The van der Waals surface area contributed by atoms with Crippen molar-refractivity contribution < 1.29 is 0 Å². The summed E-state index contributed by atoms with van der Waals surface area (Å²) >= 11 is 0. The van der Waals surface area contributed by atoms with Crippen LogP contribution in [0.1, 0.15) is 44.5 Å². The molecule has 0 N–H and O–H groups in total. The highest BCUT2D eigenvalue weighted by Crippen LogP contribution is 2.29. The maximum Gasteiger partial charge on any atom is 0.0731 e. The van der Waals surface area contributed by atoms with E-state index in [1.807, 2.05) is 12.4 Å². The molecule has 0 aliphatic carbocycles. The van der Waals surface area contributed by atoms with Crippen LogP contribution in [0.5, 0.6) is 0 Å². The first-order valence-electron chi connectivity index (χ1n) is 10.9. The molecule has 0 bridgehead atoms. The van der Waals surface area contributed by atoms with Gasteiger partial charge in [0.15, 0.2) is 0 Å². The van der Waals surface area contributed by atoms with Gasteiger partial charge in [-0.2, -0.15) is 0 Å². The Bertz CT molecular complexity index is 1170. The van der Waals surface area contributed by atoms with Gasteiger partial charge in [0.25, 0.3) is 0 Å². The summed E-state index contributed by atoms with van der Waals surface area (Å²) in [7, 11) is 0. The fourth-order valence-corrected chi connectivity index (χ4v) is 4.26. The third kappa shape index (κ3) is 4.44. The Labute approximate surface area is 186 Å². The van der Waals surface area contributed by atoms with Crippen LogP contribution >= 0.6 is 0 Å². The molecule has 0 saturated heterocycles. The zero-order valence-corrected chi connectivity index (χ0v) is 19.4. The quantitative estimate of drug-likeness (QED) is 0.357. The van der Waals surface area contributed by atoms with Crippen LogP contribution in [0, 0.1) is 41.5 Å². The zero-order chi connectivity index (χ0) is 22.1. The van der Waals surface area contributed by atoms with Gasteiger partial charge in [-0.15, -0.1) is 0 Å². The van der Waals surface area contributed by atoms with Crippen LogP contribution in [0.4, 0.5) is 0 Å². The largest absolute Gasteiger partial charge is 0.256 e. The number of rotatable bonds is 4. The Morgan fingerprint density at radius 3 is 1.32 bits per heavy atom. The second kappa shape index (κ2) is 8.47. The zero-order valence-electron chi connectivity index (χ0n) is 19.4. The van der Waals surface area contributed by atoms with Gasteiger partial charge < -0.3 is 0 Å².